The van der Waals surface area contributed by atoms with E-state index in [0.717, 1.165) is 23.4 Å². The maximum atomic E-state index is 10.8. The molecule has 1 aromatic rings. The van der Waals surface area contributed by atoms with Crippen LogP contribution in [0, 0.1) is 5.41 Å². The summed E-state index contributed by atoms with van der Waals surface area (Å²) < 4.78 is 5.28. The van der Waals surface area contributed by atoms with Gasteiger partial charge in [-0.25, -0.2) is 0 Å². The zero-order chi connectivity index (χ0) is 14.5. The number of benzene rings is 1. The van der Waals surface area contributed by atoms with Gasteiger partial charge in [0, 0.05) is 12.2 Å². The molecule has 0 amide bonds. The maximum absolute atomic E-state index is 10.8. The van der Waals surface area contributed by atoms with Gasteiger partial charge in [-0.3, -0.25) is 4.79 Å². The normalized spacial score (nSPS) is 11.2. The number of aryl methyl sites for hydroxylation is 1. The Morgan fingerprint density at radius 2 is 2.11 bits per heavy atom. The Labute approximate surface area is 114 Å². The monoisotopic (exact) mass is 265 g/mol. The predicted octanol–water partition coefficient (Wildman–Crippen LogP) is 3.17. The molecule has 106 valence electrons. The van der Waals surface area contributed by atoms with Crippen LogP contribution in [0.25, 0.3) is 0 Å². The van der Waals surface area contributed by atoms with E-state index in [4.69, 9.17) is 9.84 Å². The van der Waals surface area contributed by atoms with Gasteiger partial charge in [0.05, 0.1) is 13.5 Å². The molecule has 0 saturated carbocycles. The number of carbonyl (C=O) groups is 1. The van der Waals surface area contributed by atoms with Crippen LogP contribution in [-0.2, 0) is 11.2 Å². The molecule has 0 heterocycles. The summed E-state index contributed by atoms with van der Waals surface area (Å²) in [7, 11) is 1.66. The van der Waals surface area contributed by atoms with E-state index in [1.807, 2.05) is 26.0 Å². The van der Waals surface area contributed by atoms with Gasteiger partial charge in [-0.2, -0.15) is 0 Å². The van der Waals surface area contributed by atoms with Gasteiger partial charge < -0.3 is 15.2 Å². The Morgan fingerprint density at radius 3 is 2.63 bits per heavy atom. The molecule has 0 aromatic heterocycles. The van der Waals surface area contributed by atoms with Crippen LogP contribution in [-0.4, -0.2) is 24.7 Å². The first-order chi connectivity index (χ1) is 8.88. The highest BCUT2D eigenvalue weighted by molar-refractivity contribution is 5.67. The molecule has 4 nitrogen and oxygen atoms in total. The maximum Gasteiger partial charge on any atom is 0.303 e. The number of hydrogen-bond acceptors (Lipinski definition) is 3. The fraction of sp³-hybridized carbons (Fsp3) is 0.533. The van der Waals surface area contributed by atoms with Gasteiger partial charge in [-0.05, 0) is 35.6 Å². The molecule has 0 atom stereocenters. The van der Waals surface area contributed by atoms with Crippen LogP contribution < -0.4 is 10.1 Å². The van der Waals surface area contributed by atoms with Gasteiger partial charge in [0.2, 0.25) is 0 Å². The lowest BCUT2D eigenvalue weighted by molar-refractivity contribution is -0.139. The topological polar surface area (TPSA) is 58.6 Å². The summed E-state index contributed by atoms with van der Waals surface area (Å²) in [5, 5.41) is 12.1. The predicted molar refractivity (Wildman–Crippen MR) is 76.9 cm³/mol. The Bertz CT molecular complexity index is 441. The third-order valence-corrected chi connectivity index (χ3v) is 3.06. The van der Waals surface area contributed by atoms with Crippen molar-refractivity contribution in [2.24, 2.45) is 5.41 Å². The summed E-state index contributed by atoms with van der Waals surface area (Å²) in [5.41, 5.74) is 1.86. The van der Waals surface area contributed by atoms with Crippen molar-refractivity contribution >= 4 is 11.7 Å². The number of hydrogen-bond donors (Lipinski definition) is 2. The fourth-order valence-corrected chi connectivity index (χ4v) is 1.98. The van der Waals surface area contributed by atoms with E-state index in [1.165, 1.54) is 0 Å². The molecule has 0 spiro atoms. The summed E-state index contributed by atoms with van der Waals surface area (Å²) in [6.45, 7) is 6.58. The lowest BCUT2D eigenvalue weighted by Gasteiger charge is -2.23. The molecular weight excluding hydrogens is 242 g/mol. The number of aliphatic carboxylic acids is 1. The minimum atomic E-state index is -0.768. The largest absolute Gasteiger partial charge is 0.496 e. The number of carboxylic acid groups (broad SMARTS) is 1. The Balaban J connectivity index is 2.70. The molecule has 0 unspecified atom stereocenters. The average Bonchev–Trinajstić information content (AvgIpc) is 2.34. The molecule has 0 saturated heterocycles. The molecule has 0 aliphatic carbocycles. The molecule has 0 aliphatic heterocycles. The van der Waals surface area contributed by atoms with Gasteiger partial charge in [0.25, 0.3) is 0 Å². The minimum Gasteiger partial charge on any atom is -0.496 e. The van der Waals surface area contributed by atoms with Gasteiger partial charge in [-0.15, -0.1) is 0 Å². The van der Waals surface area contributed by atoms with Crippen LogP contribution in [0.3, 0.4) is 0 Å². The van der Waals surface area contributed by atoms with Crippen molar-refractivity contribution in [3.05, 3.63) is 23.8 Å². The Hall–Kier alpha value is -1.71. The van der Waals surface area contributed by atoms with Crippen molar-refractivity contribution in [3.63, 3.8) is 0 Å². The molecular formula is C15H23NO3. The van der Waals surface area contributed by atoms with E-state index in [9.17, 15) is 4.79 Å². The summed E-state index contributed by atoms with van der Waals surface area (Å²) >= 11 is 0. The van der Waals surface area contributed by atoms with E-state index in [1.54, 1.807) is 7.11 Å². The lowest BCUT2D eigenvalue weighted by Crippen LogP contribution is -2.26. The van der Waals surface area contributed by atoms with Gasteiger partial charge in [0.1, 0.15) is 5.75 Å². The molecule has 19 heavy (non-hydrogen) atoms. The van der Waals surface area contributed by atoms with Crippen LogP contribution in [0.4, 0.5) is 5.69 Å². The second-order valence-electron chi connectivity index (χ2n) is 5.47. The van der Waals surface area contributed by atoms with E-state index >= 15 is 0 Å². The SMILES string of the molecule is CCc1cc(NCC(C)(C)CC(=O)O)ccc1OC. The quantitative estimate of drug-likeness (QED) is 0.795. The molecule has 0 bridgehead atoms. The molecule has 2 N–H and O–H groups in total. The van der Waals surface area contributed by atoms with Crippen molar-refractivity contribution in [3.8, 4) is 5.75 Å². The Morgan fingerprint density at radius 1 is 1.42 bits per heavy atom. The first kappa shape index (κ1) is 15.3. The second kappa shape index (κ2) is 6.45. The summed E-state index contributed by atoms with van der Waals surface area (Å²) in [5.74, 6) is 0.119. The third kappa shape index (κ3) is 4.81. The molecule has 1 aromatic carbocycles. The van der Waals surface area contributed by atoms with Crippen molar-refractivity contribution in [1.29, 1.82) is 0 Å². The standard InChI is InChI=1S/C15H23NO3/c1-5-11-8-12(6-7-13(11)19-4)16-10-15(2,3)9-14(17)18/h6-8,16H,5,9-10H2,1-4H3,(H,17,18). The summed E-state index contributed by atoms with van der Waals surface area (Å²) in [4.78, 5) is 10.8. The van der Waals surface area contributed by atoms with Crippen LogP contribution in [0.15, 0.2) is 18.2 Å². The van der Waals surface area contributed by atoms with Crippen molar-refractivity contribution in [2.45, 2.75) is 33.6 Å². The van der Waals surface area contributed by atoms with E-state index < -0.39 is 5.97 Å². The first-order valence-corrected chi connectivity index (χ1v) is 6.50. The minimum absolute atomic E-state index is 0.150. The smallest absolute Gasteiger partial charge is 0.303 e. The average molecular weight is 265 g/mol. The number of carboxylic acids is 1. The van der Waals surface area contributed by atoms with Crippen LogP contribution >= 0.6 is 0 Å². The third-order valence-electron chi connectivity index (χ3n) is 3.06. The van der Waals surface area contributed by atoms with Crippen LogP contribution in [0.2, 0.25) is 0 Å². The number of ether oxygens (including phenoxy) is 1. The zero-order valence-corrected chi connectivity index (χ0v) is 12.1. The molecule has 4 heteroatoms. The van der Waals surface area contributed by atoms with E-state index in [0.29, 0.717) is 6.54 Å². The number of nitrogens with one attached hydrogen (secondary N) is 1. The summed E-state index contributed by atoms with van der Waals surface area (Å²) in [6, 6.07) is 5.94. The van der Waals surface area contributed by atoms with Gasteiger partial charge in [-0.1, -0.05) is 20.8 Å². The highest BCUT2D eigenvalue weighted by Crippen LogP contribution is 2.25. The zero-order valence-electron chi connectivity index (χ0n) is 12.1. The molecule has 1 rings (SSSR count). The van der Waals surface area contributed by atoms with Crippen molar-refractivity contribution < 1.29 is 14.6 Å². The lowest BCUT2D eigenvalue weighted by atomic mass is 9.89. The van der Waals surface area contributed by atoms with Crippen molar-refractivity contribution in [2.75, 3.05) is 19.0 Å². The number of rotatable bonds is 7. The highest BCUT2D eigenvalue weighted by atomic mass is 16.5. The summed E-state index contributed by atoms with van der Waals surface area (Å²) in [6.07, 6.45) is 1.05. The molecule has 0 fully saturated rings. The number of methoxy groups -OCH3 is 1. The van der Waals surface area contributed by atoms with Crippen LogP contribution in [0.5, 0.6) is 5.75 Å². The van der Waals surface area contributed by atoms with E-state index in [-0.39, 0.29) is 11.8 Å². The second-order valence-corrected chi connectivity index (χ2v) is 5.47. The Kier molecular flexibility index (Phi) is 5.21. The van der Waals surface area contributed by atoms with Crippen LogP contribution in [0.1, 0.15) is 32.8 Å². The molecule has 0 radical (unpaired) electrons. The van der Waals surface area contributed by atoms with Gasteiger partial charge >= 0.3 is 5.97 Å². The van der Waals surface area contributed by atoms with E-state index in [2.05, 4.69) is 18.3 Å². The number of anilines is 1. The molecule has 0 aliphatic rings. The van der Waals surface area contributed by atoms with Gasteiger partial charge in [0.15, 0.2) is 0 Å². The van der Waals surface area contributed by atoms with Crippen molar-refractivity contribution in [1.82, 2.24) is 0 Å². The fourth-order valence-electron chi connectivity index (χ4n) is 1.98. The first-order valence-electron chi connectivity index (χ1n) is 6.50. The highest BCUT2D eigenvalue weighted by Gasteiger charge is 2.21.